The monoisotopic (exact) mass is 209 g/mol. The van der Waals surface area contributed by atoms with Crippen LogP contribution in [0.25, 0.3) is 0 Å². The molecule has 0 saturated heterocycles. The van der Waals surface area contributed by atoms with Crippen LogP contribution in [0, 0.1) is 0 Å². The number of hydrogen-bond donors (Lipinski definition) is 1. The molecule has 0 aromatic carbocycles. The van der Waals surface area contributed by atoms with Gasteiger partial charge in [0.25, 0.3) is 5.91 Å². The second-order valence-electron chi connectivity index (χ2n) is 3.85. The molecule has 0 radical (unpaired) electrons. The minimum Gasteiger partial charge on any atom is -0.397 e. The number of nitrogens with two attached hydrogens (primary N) is 1. The minimum absolute atomic E-state index is 0.0302. The molecule has 15 heavy (non-hydrogen) atoms. The molecule has 0 bridgehead atoms. The third-order valence-electron chi connectivity index (χ3n) is 2.44. The third kappa shape index (κ3) is 2.75. The molecule has 1 rings (SSSR count). The summed E-state index contributed by atoms with van der Waals surface area (Å²) in [5.41, 5.74) is 6.90. The first-order valence-corrected chi connectivity index (χ1v) is 5.23. The van der Waals surface area contributed by atoms with Gasteiger partial charge in [0.05, 0.1) is 5.69 Å². The van der Waals surface area contributed by atoms with Gasteiger partial charge in [-0.3, -0.25) is 4.79 Å². The predicted octanol–water partition coefficient (Wildman–Crippen LogP) is 1.48. The lowest BCUT2D eigenvalue weighted by atomic mass is 10.3. The summed E-state index contributed by atoms with van der Waals surface area (Å²) < 4.78 is 1.76. The molecule has 0 fully saturated rings. The van der Waals surface area contributed by atoms with Crippen molar-refractivity contribution >= 4 is 11.6 Å². The number of nitrogen functional groups attached to an aromatic ring is 1. The van der Waals surface area contributed by atoms with Crippen LogP contribution in [0.1, 0.15) is 30.3 Å². The number of amides is 1. The van der Waals surface area contributed by atoms with Crippen molar-refractivity contribution in [3.8, 4) is 0 Å². The van der Waals surface area contributed by atoms with Crippen LogP contribution in [0.2, 0.25) is 0 Å². The summed E-state index contributed by atoms with van der Waals surface area (Å²) in [4.78, 5) is 13.7. The highest BCUT2D eigenvalue weighted by atomic mass is 16.2. The van der Waals surface area contributed by atoms with Crippen LogP contribution in [-0.4, -0.2) is 29.0 Å². The van der Waals surface area contributed by atoms with Crippen molar-refractivity contribution in [3.63, 3.8) is 0 Å². The van der Waals surface area contributed by atoms with Gasteiger partial charge in [0.15, 0.2) is 0 Å². The first kappa shape index (κ1) is 11.6. The molecule has 4 heteroatoms. The van der Waals surface area contributed by atoms with Gasteiger partial charge in [0, 0.05) is 26.8 Å². The molecule has 0 unspecified atom stereocenters. The normalized spacial score (nSPS) is 10.3. The van der Waals surface area contributed by atoms with E-state index < -0.39 is 0 Å². The highest BCUT2D eigenvalue weighted by molar-refractivity contribution is 5.93. The fourth-order valence-corrected chi connectivity index (χ4v) is 1.50. The van der Waals surface area contributed by atoms with E-state index in [1.165, 1.54) is 0 Å². The van der Waals surface area contributed by atoms with E-state index in [9.17, 15) is 4.79 Å². The molecular weight excluding hydrogens is 190 g/mol. The zero-order valence-corrected chi connectivity index (χ0v) is 9.66. The lowest BCUT2D eigenvalue weighted by Crippen LogP contribution is -2.29. The summed E-state index contributed by atoms with van der Waals surface area (Å²) >= 11 is 0. The van der Waals surface area contributed by atoms with E-state index >= 15 is 0 Å². The standard InChI is InChI=1S/C11H19N3O/c1-4-5-6-13(2)11(15)10-7-9(12)8-14(10)3/h7-8H,4-6,12H2,1-3H3. The zero-order valence-electron chi connectivity index (χ0n) is 9.66. The number of hydrogen-bond acceptors (Lipinski definition) is 2. The average molecular weight is 209 g/mol. The van der Waals surface area contributed by atoms with Gasteiger partial charge in [-0.1, -0.05) is 13.3 Å². The van der Waals surface area contributed by atoms with Gasteiger partial charge in [-0.2, -0.15) is 0 Å². The molecule has 4 nitrogen and oxygen atoms in total. The smallest absolute Gasteiger partial charge is 0.270 e. The zero-order chi connectivity index (χ0) is 11.4. The van der Waals surface area contributed by atoms with Gasteiger partial charge in [-0.15, -0.1) is 0 Å². The number of aryl methyl sites for hydroxylation is 1. The Labute approximate surface area is 90.7 Å². The largest absolute Gasteiger partial charge is 0.397 e. The van der Waals surface area contributed by atoms with Crippen LogP contribution in [0.3, 0.4) is 0 Å². The average Bonchev–Trinajstić information content (AvgIpc) is 2.53. The van der Waals surface area contributed by atoms with Crippen molar-refractivity contribution in [2.75, 3.05) is 19.3 Å². The van der Waals surface area contributed by atoms with Crippen LogP contribution in [0.4, 0.5) is 5.69 Å². The number of anilines is 1. The number of carbonyl (C=O) groups excluding carboxylic acids is 1. The summed E-state index contributed by atoms with van der Waals surface area (Å²) in [6.45, 7) is 2.90. The van der Waals surface area contributed by atoms with E-state index in [-0.39, 0.29) is 5.91 Å². The van der Waals surface area contributed by atoms with Crippen molar-refractivity contribution in [1.29, 1.82) is 0 Å². The molecule has 1 amide bonds. The summed E-state index contributed by atoms with van der Waals surface area (Å²) in [7, 11) is 3.65. The second-order valence-corrected chi connectivity index (χ2v) is 3.85. The highest BCUT2D eigenvalue weighted by Gasteiger charge is 2.14. The maximum atomic E-state index is 11.9. The molecule has 1 aromatic rings. The summed E-state index contributed by atoms with van der Waals surface area (Å²) in [5, 5.41) is 0. The van der Waals surface area contributed by atoms with E-state index in [1.807, 2.05) is 14.1 Å². The Balaban J connectivity index is 2.71. The first-order valence-electron chi connectivity index (χ1n) is 5.23. The Morgan fingerprint density at radius 2 is 2.27 bits per heavy atom. The van der Waals surface area contributed by atoms with E-state index in [0.29, 0.717) is 11.4 Å². The van der Waals surface area contributed by atoms with Crippen molar-refractivity contribution in [2.45, 2.75) is 19.8 Å². The Kier molecular flexibility index (Phi) is 3.77. The summed E-state index contributed by atoms with van der Waals surface area (Å²) in [5.74, 6) is 0.0302. The van der Waals surface area contributed by atoms with Crippen molar-refractivity contribution in [1.82, 2.24) is 9.47 Å². The molecular formula is C11H19N3O. The molecule has 0 aliphatic rings. The van der Waals surface area contributed by atoms with Crippen LogP contribution >= 0.6 is 0 Å². The fourth-order valence-electron chi connectivity index (χ4n) is 1.50. The number of nitrogens with zero attached hydrogens (tertiary/aromatic N) is 2. The molecule has 0 atom stereocenters. The molecule has 84 valence electrons. The maximum Gasteiger partial charge on any atom is 0.270 e. The highest BCUT2D eigenvalue weighted by Crippen LogP contribution is 2.11. The van der Waals surface area contributed by atoms with E-state index in [4.69, 9.17) is 5.73 Å². The van der Waals surface area contributed by atoms with E-state index in [0.717, 1.165) is 19.4 Å². The maximum absolute atomic E-state index is 11.9. The fraction of sp³-hybridized carbons (Fsp3) is 0.545. The molecule has 2 N–H and O–H groups in total. The first-order chi connectivity index (χ1) is 7.06. The third-order valence-corrected chi connectivity index (χ3v) is 2.44. The molecule has 1 aromatic heterocycles. The lowest BCUT2D eigenvalue weighted by molar-refractivity contribution is 0.0784. The lowest BCUT2D eigenvalue weighted by Gasteiger charge is -2.16. The van der Waals surface area contributed by atoms with Gasteiger partial charge in [0.1, 0.15) is 5.69 Å². The summed E-state index contributed by atoms with van der Waals surface area (Å²) in [6, 6.07) is 1.71. The molecule has 1 heterocycles. The van der Waals surface area contributed by atoms with Crippen LogP contribution < -0.4 is 5.73 Å². The van der Waals surface area contributed by atoms with Gasteiger partial charge in [-0.25, -0.2) is 0 Å². The SMILES string of the molecule is CCCCN(C)C(=O)c1cc(N)cn1C. The van der Waals surface area contributed by atoms with Crippen molar-refractivity contribution < 1.29 is 4.79 Å². The number of aromatic nitrogens is 1. The van der Waals surface area contributed by atoms with Gasteiger partial charge in [0.2, 0.25) is 0 Å². The Morgan fingerprint density at radius 1 is 1.60 bits per heavy atom. The van der Waals surface area contributed by atoms with Crippen LogP contribution in [0.15, 0.2) is 12.3 Å². The molecule has 0 saturated carbocycles. The minimum atomic E-state index is 0.0302. The number of carbonyl (C=O) groups is 1. The quantitative estimate of drug-likeness (QED) is 0.816. The summed E-state index contributed by atoms with van der Waals surface area (Å²) in [6.07, 6.45) is 3.87. The van der Waals surface area contributed by atoms with E-state index in [1.54, 1.807) is 21.7 Å². The Bertz CT molecular complexity index is 344. The topological polar surface area (TPSA) is 51.3 Å². The second kappa shape index (κ2) is 4.87. The molecule has 0 aliphatic heterocycles. The van der Waals surface area contributed by atoms with Crippen molar-refractivity contribution in [3.05, 3.63) is 18.0 Å². The number of unbranched alkanes of at least 4 members (excludes halogenated alkanes) is 1. The van der Waals surface area contributed by atoms with Crippen molar-refractivity contribution in [2.24, 2.45) is 7.05 Å². The number of rotatable bonds is 4. The molecule has 0 aliphatic carbocycles. The van der Waals surface area contributed by atoms with Gasteiger partial charge >= 0.3 is 0 Å². The molecule has 0 spiro atoms. The Hall–Kier alpha value is -1.45. The van der Waals surface area contributed by atoms with Crippen LogP contribution in [0.5, 0.6) is 0 Å². The predicted molar refractivity (Wildman–Crippen MR) is 61.7 cm³/mol. The van der Waals surface area contributed by atoms with E-state index in [2.05, 4.69) is 6.92 Å². The van der Waals surface area contributed by atoms with Crippen LogP contribution in [-0.2, 0) is 7.05 Å². The Morgan fingerprint density at radius 3 is 2.73 bits per heavy atom. The van der Waals surface area contributed by atoms with Gasteiger partial charge < -0.3 is 15.2 Å². The van der Waals surface area contributed by atoms with Gasteiger partial charge in [-0.05, 0) is 12.5 Å².